The fourth-order valence-electron chi connectivity index (χ4n) is 1.95. The topological polar surface area (TPSA) is 29.5 Å². The number of methoxy groups -OCH3 is 1. The normalized spacial score (nSPS) is 10.3. The quantitative estimate of drug-likeness (QED) is 0.764. The van der Waals surface area contributed by atoms with Crippen molar-refractivity contribution in [3.05, 3.63) is 58.3 Å². The molecule has 0 heterocycles. The molecule has 3 nitrogen and oxygen atoms in total. The molecule has 5 heteroatoms. The number of benzene rings is 2. The van der Waals surface area contributed by atoms with E-state index in [1.165, 1.54) is 12.1 Å². The van der Waals surface area contributed by atoms with Crippen molar-refractivity contribution in [3.63, 3.8) is 0 Å². The lowest BCUT2D eigenvalue weighted by Gasteiger charge is -2.18. The first-order chi connectivity index (χ1) is 10.0. The molecule has 2 aromatic carbocycles. The number of nitrogens with zero attached hydrogens (tertiary/aromatic N) is 1. The van der Waals surface area contributed by atoms with E-state index in [2.05, 4.69) is 15.9 Å². The second kappa shape index (κ2) is 6.72. The molecule has 0 aromatic heterocycles. The zero-order chi connectivity index (χ0) is 15.4. The van der Waals surface area contributed by atoms with Gasteiger partial charge in [0.2, 0.25) is 0 Å². The molecule has 0 aliphatic carbocycles. The summed E-state index contributed by atoms with van der Waals surface area (Å²) < 4.78 is 19.1. The van der Waals surface area contributed by atoms with E-state index >= 15 is 0 Å². The average Bonchev–Trinajstić information content (AvgIpc) is 2.47. The number of ketones is 1. The molecule has 0 N–H and O–H groups in total. The number of carbonyl (C=O) groups excluding carboxylic acids is 1. The number of ether oxygens (including phenoxy) is 1. The van der Waals surface area contributed by atoms with Crippen LogP contribution >= 0.6 is 15.9 Å². The zero-order valence-corrected chi connectivity index (χ0v) is 13.4. The predicted octanol–water partition coefficient (Wildman–Crippen LogP) is 3.92. The molecule has 0 bridgehead atoms. The van der Waals surface area contributed by atoms with Crippen molar-refractivity contribution in [2.45, 2.75) is 0 Å². The van der Waals surface area contributed by atoms with Crippen LogP contribution in [0.3, 0.4) is 0 Å². The van der Waals surface area contributed by atoms with Crippen molar-refractivity contribution >= 4 is 27.4 Å². The van der Waals surface area contributed by atoms with Gasteiger partial charge in [-0.05, 0) is 52.3 Å². The van der Waals surface area contributed by atoms with E-state index in [9.17, 15) is 9.18 Å². The molecule has 0 spiro atoms. The van der Waals surface area contributed by atoms with E-state index in [1.807, 2.05) is 0 Å². The van der Waals surface area contributed by atoms with Crippen molar-refractivity contribution in [1.82, 2.24) is 0 Å². The summed E-state index contributed by atoms with van der Waals surface area (Å²) >= 11 is 3.36. The highest BCUT2D eigenvalue weighted by Crippen LogP contribution is 2.26. The SMILES string of the molecule is COc1ccc(C(=O)CN(C)c2cccc(F)c2)cc1Br. The van der Waals surface area contributed by atoms with Gasteiger partial charge < -0.3 is 9.64 Å². The fraction of sp³-hybridized carbons (Fsp3) is 0.188. The van der Waals surface area contributed by atoms with Gasteiger partial charge >= 0.3 is 0 Å². The van der Waals surface area contributed by atoms with Crippen LogP contribution in [0.25, 0.3) is 0 Å². The molecule has 0 fully saturated rings. The lowest BCUT2D eigenvalue weighted by Crippen LogP contribution is -2.25. The van der Waals surface area contributed by atoms with Gasteiger partial charge in [-0.15, -0.1) is 0 Å². The highest BCUT2D eigenvalue weighted by atomic mass is 79.9. The Bertz CT molecular complexity index is 660. The summed E-state index contributed by atoms with van der Waals surface area (Å²) in [5, 5.41) is 0. The number of halogens is 2. The van der Waals surface area contributed by atoms with Gasteiger partial charge in [-0.2, -0.15) is 0 Å². The van der Waals surface area contributed by atoms with E-state index in [1.54, 1.807) is 49.4 Å². The molecule has 2 rings (SSSR count). The maximum atomic E-state index is 13.2. The van der Waals surface area contributed by atoms with Gasteiger partial charge in [0.25, 0.3) is 0 Å². The second-order valence-electron chi connectivity index (χ2n) is 4.61. The van der Waals surface area contributed by atoms with Gasteiger partial charge in [-0.1, -0.05) is 6.07 Å². The second-order valence-corrected chi connectivity index (χ2v) is 5.46. The molecule has 21 heavy (non-hydrogen) atoms. The molecule has 0 atom stereocenters. The smallest absolute Gasteiger partial charge is 0.182 e. The van der Waals surface area contributed by atoms with E-state index < -0.39 is 0 Å². The molecular formula is C16H15BrFNO2. The minimum Gasteiger partial charge on any atom is -0.496 e. The van der Waals surface area contributed by atoms with Gasteiger partial charge in [0.1, 0.15) is 11.6 Å². The lowest BCUT2D eigenvalue weighted by atomic mass is 10.1. The molecule has 0 radical (unpaired) electrons. The Morgan fingerprint density at radius 2 is 2.05 bits per heavy atom. The highest BCUT2D eigenvalue weighted by Gasteiger charge is 2.12. The van der Waals surface area contributed by atoms with Gasteiger partial charge in [-0.3, -0.25) is 4.79 Å². The Kier molecular flexibility index (Phi) is 4.96. The third-order valence-corrected chi connectivity index (χ3v) is 3.72. The Hall–Kier alpha value is -1.88. The molecule has 2 aromatic rings. The first kappa shape index (κ1) is 15.5. The first-order valence-corrected chi connectivity index (χ1v) is 7.14. The molecule has 0 saturated carbocycles. The standard InChI is InChI=1S/C16H15BrFNO2/c1-19(13-5-3-4-12(18)9-13)10-15(20)11-6-7-16(21-2)14(17)8-11/h3-9H,10H2,1-2H3. The predicted molar refractivity (Wildman–Crippen MR) is 84.7 cm³/mol. The minimum absolute atomic E-state index is 0.0508. The van der Waals surface area contributed by atoms with Gasteiger partial charge in [0.15, 0.2) is 5.78 Å². The molecule has 0 unspecified atom stereocenters. The monoisotopic (exact) mass is 351 g/mol. The summed E-state index contributed by atoms with van der Waals surface area (Å²) in [6, 6.07) is 11.3. The molecule has 0 aliphatic heterocycles. The van der Waals surface area contributed by atoms with Crippen molar-refractivity contribution in [2.24, 2.45) is 0 Å². The summed E-state index contributed by atoms with van der Waals surface area (Å²) in [7, 11) is 3.32. The van der Waals surface area contributed by atoms with Gasteiger partial charge in [0.05, 0.1) is 18.1 Å². The summed E-state index contributed by atoms with van der Waals surface area (Å²) in [5.74, 6) is 0.300. The molecular weight excluding hydrogens is 337 g/mol. The third kappa shape index (κ3) is 3.82. The number of likely N-dealkylation sites (N-methyl/N-ethyl adjacent to an activating group) is 1. The maximum absolute atomic E-state index is 13.2. The summed E-state index contributed by atoms with van der Waals surface area (Å²) in [6.45, 7) is 0.169. The van der Waals surface area contributed by atoms with Crippen molar-refractivity contribution < 1.29 is 13.9 Å². The van der Waals surface area contributed by atoms with E-state index in [-0.39, 0.29) is 18.1 Å². The van der Waals surface area contributed by atoms with E-state index in [0.717, 1.165) is 4.47 Å². The number of carbonyl (C=O) groups is 1. The van der Waals surface area contributed by atoms with Crippen LogP contribution < -0.4 is 9.64 Å². The van der Waals surface area contributed by atoms with Crippen LogP contribution in [-0.2, 0) is 0 Å². The first-order valence-electron chi connectivity index (χ1n) is 6.34. The Morgan fingerprint density at radius 1 is 1.29 bits per heavy atom. The number of anilines is 1. The molecule has 0 amide bonds. The zero-order valence-electron chi connectivity index (χ0n) is 11.8. The molecule has 110 valence electrons. The van der Waals surface area contributed by atoms with Crippen molar-refractivity contribution in [2.75, 3.05) is 25.6 Å². The Morgan fingerprint density at radius 3 is 2.67 bits per heavy atom. The van der Waals surface area contributed by atoms with Crippen molar-refractivity contribution in [1.29, 1.82) is 0 Å². The lowest BCUT2D eigenvalue weighted by molar-refractivity contribution is 0.1000. The van der Waals surface area contributed by atoms with Crippen LogP contribution in [0.15, 0.2) is 46.9 Å². The van der Waals surface area contributed by atoms with Crippen LogP contribution in [0, 0.1) is 5.82 Å². The minimum atomic E-state index is -0.320. The summed E-state index contributed by atoms with van der Waals surface area (Å²) in [4.78, 5) is 14.0. The van der Waals surface area contributed by atoms with Crippen molar-refractivity contribution in [3.8, 4) is 5.75 Å². The van der Waals surface area contributed by atoms with Gasteiger partial charge in [-0.25, -0.2) is 4.39 Å². The van der Waals surface area contributed by atoms with Crippen LogP contribution in [-0.4, -0.2) is 26.5 Å². The molecule has 0 saturated heterocycles. The van der Waals surface area contributed by atoms with Crippen LogP contribution in [0.5, 0.6) is 5.75 Å². The number of Topliss-reactive ketones (excluding diaryl/α,β-unsaturated/α-hetero) is 1. The maximum Gasteiger partial charge on any atom is 0.182 e. The Balaban J connectivity index is 2.12. The van der Waals surface area contributed by atoms with E-state index in [0.29, 0.717) is 17.0 Å². The fourth-order valence-corrected chi connectivity index (χ4v) is 2.49. The molecule has 0 aliphatic rings. The average molecular weight is 352 g/mol. The van der Waals surface area contributed by atoms with E-state index in [4.69, 9.17) is 4.74 Å². The number of hydrogen-bond acceptors (Lipinski definition) is 3. The van der Waals surface area contributed by atoms with Crippen LogP contribution in [0.1, 0.15) is 10.4 Å². The van der Waals surface area contributed by atoms with Crippen LogP contribution in [0.2, 0.25) is 0 Å². The summed E-state index contributed by atoms with van der Waals surface area (Å²) in [6.07, 6.45) is 0. The van der Waals surface area contributed by atoms with Gasteiger partial charge in [0, 0.05) is 18.3 Å². The number of rotatable bonds is 5. The number of hydrogen-bond donors (Lipinski definition) is 0. The Labute approximate surface area is 131 Å². The summed E-state index contributed by atoms with van der Waals surface area (Å²) in [5.41, 5.74) is 1.24. The highest BCUT2D eigenvalue weighted by molar-refractivity contribution is 9.10. The third-order valence-electron chi connectivity index (χ3n) is 3.10. The largest absolute Gasteiger partial charge is 0.496 e. The van der Waals surface area contributed by atoms with Crippen LogP contribution in [0.4, 0.5) is 10.1 Å².